The highest BCUT2D eigenvalue weighted by atomic mass is 32.1. The normalized spacial score (nSPS) is 11.6. The molecule has 3 heteroatoms. The Morgan fingerprint density at radius 2 is 0.818 bits per heavy atom. The third-order valence-electron chi connectivity index (χ3n) is 10.9. The summed E-state index contributed by atoms with van der Waals surface area (Å²) in [6.45, 7) is 0. The van der Waals surface area contributed by atoms with Crippen LogP contribution in [0.1, 0.15) is 0 Å². The van der Waals surface area contributed by atoms with E-state index in [-0.39, 0.29) is 0 Å². The monoisotopic (exact) mass is 735 g/mol. The second kappa shape index (κ2) is 13.1. The average Bonchev–Trinajstić information content (AvgIpc) is 3.82. The smallest absolute Gasteiger partial charge is 0.0540 e. The van der Waals surface area contributed by atoms with Gasteiger partial charge in [0.1, 0.15) is 0 Å². The highest BCUT2D eigenvalue weighted by molar-refractivity contribution is 7.26. The van der Waals surface area contributed by atoms with Gasteiger partial charge in [0, 0.05) is 57.2 Å². The third kappa shape index (κ3) is 5.35. The summed E-state index contributed by atoms with van der Waals surface area (Å²) in [6, 6.07) is 73.5. The fourth-order valence-corrected chi connectivity index (χ4v) is 10.6. The van der Waals surface area contributed by atoms with Gasteiger partial charge in [-0.15, -0.1) is 22.7 Å². The molecule has 0 spiro atoms. The van der Waals surface area contributed by atoms with Gasteiger partial charge in [-0.05, 0) is 81.6 Å². The maximum atomic E-state index is 2.47. The van der Waals surface area contributed by atoms with Crippen molar-refractivity contribution in [1.82, 2.24) is 0 Å². The summed E-state index contributed by atoms with van der Waals surface area (Å²) in [6.07, 6.45) is 0. The minimum atomic E-state index is 1.11. The van der Waals surface area contributed by atoms with E-state index in [0.717, 1.165) is 17.1 Å². The van der Waals surface area contributed by atoms with Gasteiger partial charge in [0.05, 0.1) is 11.4 Å². The molecule has 0 amide bonds. The fourth-order valence-electron chi connectivity index (χ4n) is 8.37. The van der Waals surface area contributed by atoms with Crippen LogP contribution in [0.3, 0.4) is 0 Å². The first-order chi connectivity index (χ1) is 27.3. The van der Waals surface area contributed by atoms with Crippen LogP contribution in [0.5, 0.6) is 0 Å². The van der Waals surface area contributed by atoms with Gasteiger partial charge >= 0.3 is 0 Å². The number of hydrogen-bond donors (Lipinski definition) is 0. The summed E-state index contributed by atoms with van der Waals surface area (Å²) in [5.41, 5.74) is 10.6. The Balaban J connectivity index is 1.12. The Morgan fingerprint density at radius 1 is 0.309 bits per heavy atom. The predicted molar refractivity (Wildman–Crippen MR) is 241 cm³/mol. The molecule has 9 aromatic carbocycles. The van der Waals surface area contributed by atoms with Crippen molar-refractivity contribution in [2.75, 3.05) is 4.90 Å². The van der Waals surface area contributed by atoms with Gasteiger partial charge in [-0.25, -0.2) is 0 Å². The summed E-state index contributed by atoms with van der Waals surface area (Å²) < 4.78 is 5.26. The molecule has 0 atom stereocenters. The second-order valence-electron chi connectivity index (χ2n) is 14.0. The molecule has 0 saturated carbocycles. The van der Waals surface area contributed by atoms with E-state index >= 15 is 0 Å². The molecule has 55 heavy (non-hydrogen) atoms. The maximum Gasteiger partial charge on any atom is 0.0540 e. The van der Waals surface area contributed by atoms with E-state index in [1.165, 1.54) is 84.5 Å². The van der Waals surface area contributed by atoms with Crippen LogP contribution in [0.4, 0.5) is 17.1 Å². The lowest BCUT2D eigenvalue weighted by Crippen LogP contribution is -2.12. The first-order valence-electron chi connectivity index (χ1n) is 18.7. The zero-order valence-corrected chi connectivity index (χ0v) is 31.4. The van der Waals surface area contributed by atoms with E-state index < -0.39 is 0 Å². The quantitative estimate of drug-likeness (QED) is 0.164. The van der Waals surface area contributed by atoms with Crippen LogP contribution in [0.15, 0.2) is 200 Å². The van der Waals surface area contributed by atoms with Gasteiger partial charge < -0.3 is 4.90 Å². The number of anilines is 3. The fraction of sp³-hybridized carbons (Fsp3) is 0. The van der Waals surface area contributed by atoms with E-state index in [9.17, 15) is 0 Å². The molecule has 2 aromatic heterocycles. The highest BCUT2D eigenvalue weighted by Gasteiger charge is 2.22. The highest BCUT2D eigenvalue weighted by Crippen LogP contribution is 2.48. The van der Waals surface area contributed by atoms with Crippen LogP contribution in [-0.4, -0.2) is 0 Å². The van der Waals surface area contributed by atoms with Crippen molar-refractivity contribution in [2.24, 2.45) is 0 Å². The zero-order chi connectivity index (χ0) is 36.3. The van der Waals surface area contributed by atoms with E-state index in [1.807, 2.05) is 22.7 Å². The lowest BCUT2D eigenvalue weighted by molar-refractivity contribution is 1.29. The molecule has 11 rings (SSSR count). The number of hydrogen-bond acceptors (Lipinski definition) is 3. The molecule has 0 aliphatic rings. The van der Waals surface area contributed by atoms with E-state index in [1.54, 1.807) is 0 Å². The van der Waals surface area contributed by atoms with Gasteiger partial charge in [0.2, 0.25) is 0 Å². The van der Waals surface area contributed by atoms with Gasteiger partial charge in [-0.2, -0.15) is 0 Å². The van der Waals surface area contributed by atoms with Crippen molar-refractivity contribution in [1.29, 1.82) is 0 Å². The SMILES string of the molecule is c1ccc(N(c2ccc(-c3ccc4c(c3)sc3ccccc34)cc2)c2ccccc2-c2cccc3sc4ccccc4c23)c(-c2cccc3ccccc23)c1. The topological polar surface area (TPSA) is 3.24 Å². The number of fused-ring (bicyclic) bond motifs is 7. The van der Waals surface area contributed by atoms with Crippen molar-refractivity contribution in [3.05, 3.63) is 200 Å². The molecule has 11 aromatic rings. The first-order valence-corrected chi connectivity index (χ1v) is 20.3. The standard InChI is InChI=1S/C52H33NS2/c1-2-15-38-35(13-1)14-11-20-39(38)40-16-3-7-22-46(40)53(37-30-27-34(28-31-37)36-29-32-43-42-18-5-9-24-48(42)55-51(43)33-36)47-23-8-4-17-41(47)44-21-12-26-50-52(44)45-19-6-10-25-49(45)54-50/h1-33H. The van der Waals surface area contributed by atoms with E-state index in [4.69, 9.17) is 0 Å². The van der Waals surface area contributed by atoms with Crippen LogP contribution in [0.2, 0.25) is 0 Å². The molecule has 2 heterocycles. The van der Waals surface area contributed by atoms with E-state index in [0.29, 0.717) is 0 Å². The van der Waals surface area contributed by atoms with Gasteiger partial charge in [0.15, 0.2) is 0 Å². The minimum Gasteiger partial charge on any atom is -0.309 e. The van der Waals surface area contributed by atoms with Gasteiger partial charge in [-0.3, -0.25) is 0 Å². The summed E-state index contributed by atoms with van der Waals surface area (Å²) in [7, 11) is 0. The maximum absolute atomic E-state index is 2.47. The molecule has 0 fully saturated rings. The Kier molecular flexibility index (Phi) is 7.61. The average molecular weight is 736 g/mol. The van der Waals surface area contributed by atoms with Crippen molar-refractivity contribution < 1.29 is 0 Å². The molecule has 0 bridgehead atoms. The molecule has 0 radical (unpaired) electrons. The largest absolute Gasteiger partial charge is 0.309 e. The van der Waals surface area contributed by atoms with Crippen LogP contribution in [0, 0.1) is 0 Å². The summed E-state index contributed by atoms with van der Waals surface area (Å²) in [5, 5.41) is 7.74. The Hall–Kier alpha value is -6.52. The molecule has 1 nitrogen and oxygen atoms in total. The molecular formula is C52H33NS2. The molecule has 0 saturated heterocycles. The number of thiophene rings is 2. The summed E-state index contributed by atoms with van der Waals surface area (Å²) in [5.74, 6) is 0. The van der Waals surface area contributed by atoms with Crippen LogP contribution in [0.25, 0.3) is 84.5 Å². The van der Waals surface area contributed by atoms with E-state index in [2.05, 4.69) is 205 Å². The summed E-state index contributed by atoms with van der Waals surface area (Å²) >= 11 is 3.73. The molecule has 0 unspecified atom stereocenters. The molecule has 0 aliphatic heterocycles. The summed E-state index contributed by atoms with van der Waals surface area (Å²) in [4.78, 5) is 2.47. The Labute approximate surface area is 327 Å². The molecule has 258 valence electrons. The van der Waals surface area contributed by atoms with Gasteiger partial charge in [-0.1, -0.05) is 152 Å². The molecule has 0 aliphatic carbocycles. The van der Waals surface area contributed by atoms with Crippen LogP contribution >= 0.6 is 22.7 Å². The second-order valence-corrected chi connectivity index (χ2v) is 16.2. The Morgan fingerprint density at radius 3 is 1.62 bits per heavy atom. The van der Waals surface area contributed by atoms with Crippen LogP contribution < -0.4 is 4.90 Å². The van der Waals surface area contributed by atoms with Crippen molar-refractivity contribution in [3.8, 4) is 33.4 Å². The van der Waals surface area contributed by atoms with Crippen molar-refractivity contribution in [2.45, 2.75) is 0 Å². The third-order valence-corrected chi connectivity index (χ3v) is 13.2. The number of nitrogens with zero attached hydrogens (tertiary/aromatic N) is 1. The van der Waals surface area contributed by atoms with Crippen LogP contribution in [-0.2, 0) is 0 Å². The Bertz CT molecular complexity index is 3220. The first kappa shape index (κ1) is 32.0. The number of para-hydroxylation sites is 2. The van der Waals surface area contributed by atoms with Crippen molar-refractivity contribution >= 4 is 90.9 Å². The molecular weight excluding hydrogens is 703 g/mol. The van der Waals surface area contributed by atoms with Gasteiger partial charge in [0.25, 0.3) is 0 Å². The molecule has 0 N–H and O–H groups in total. The number of rotatable bonds is 6. The number of benzene rings is 9. The lowest BCUT2D eigenvalue weighted by Gasteiger charge is -2.30. The lowest BCUT2D eigenvalue weighted by atomic mass is 9.94. The zero-order valence-electron chi connectivity index (χ0n) is 29.8. The predicted octanol–water partition coefficient (Wildman–Crippen LogP) is 16.0. The van der Waals surface area contributed by atoms with Crippen molar-refractivity contribution in [3.63, 3.8) is 0 Å². The minimum absolute atomic E-state index is 1.11.